The lowest BCUT2D eigenvalue weighted by molar-refractivity contribution is -0.141. The summed E-state index contributed by atoms with van der Waals surface area (Å²) >= 11 is 1.66. The molecule has 2 aromatic heterocycles. The summed E-state index contributed by atoms with van der Waals surface area (Å²) in [6, 6.07) is 15.7. The summed E-state index contributed by atoms with van der Waals surface area (Å²) in [4.78, 5) is 18.3. The average molecular weight is 486 g/mol. The fourth-order valence-corrected chi connectivity index (χ4v) is 5.55. The monoisotopic (exact) mass is 485 g/mol. The van der Waals surface area contributed by atoms with Gasteiger partial charge in [0.2, 0.25) is 0 Å². The molecule has 0 fully saturated rings. The van der Waals surface area contributed by atoms with Crippen LogP contribution in [0.4, 0.5) is 11.4 Å². The van der Waals surface area contributed by atoms with Gasteiger partial charge in [-0.3, -0.25) is 14.4 Å². The minimum Gasteiger partial charge on any atom is -0.481 e. The van der Waals surface area contributed by atoms with Crippen molar-refractivity contribution in [2.45, 2.75) is 40.7 Å². The van der Waals surface area contributed by atoms with E-state index in [9.17, 15) is 9.90 Å². The van der Waals surface area contributed by atoms with Gasteiger partial charge in [-0.05, 0) is 64.4 Å². The zero-order chi connectivity index (χ0) is 24.9. The Morgan fingerprint density at radius 1 is 1.00 bits per heavy atom. The molecule has 4 aromatic rings. The number of fused-ring (bicyclic) bond motifs is 3. The predicted octanol–water partition coefficient (Wildman–Crippen LogP) is 5.92. The summed E-state index contributed by atoms with van der Waals surface area (Å²) in [5.41, 5.74) is 7.06. The molecule has 1 aliphatic rings. The van der Waals surface area contributed by atoms with Gasteiger partial charge in [-0.1, -0.05) is 29.8 Å². The molecule has 8 heteroatoms. The molecule has 1 unspecified atom stereocenters. The molecule has 7 nitrogen and oxygen atoms in total. The Morgan fingerprint density at radius 3 is 2.26 bits per heavy atom. The third kappa shape index (κ3) is 4.04. The maximum absolute atomic E-state index is 12.0. The first-order valence-corrected chi connectivity index (χ1v) is 12.3. The maximum Gasteiger partial charge on any atom is 0.308 e. The van der Waals surface area contributed by atoms with Gasteiger partial charge in [0.05, 0.1) is 11.6 Å². The van der Waals surface area contributed by atoms with Gasteiger partial charge >= 0.3 is 5.97 Å². The third-order valence-electron chi connectivity index (χ3n) is 6.55. The first-order chi connectivity index (χ1) is 16.7. The number of aryl methyl sites for hydroxylation is 3. The highest BCUT2D eigenvalue weighted by atomic mass is 32.1. The molecule has 35 heavy (non-hydrogen) atoms. The van der Waals surface area contributed by atoms with E-state index in [0.717, 1.165) is 44.6 Å². The smallest absolute Gasteiger partial charge is 0.308 e. The van der Waals surface area contributed by atoms with Gasteiger partial charge in [0.1, 0.15) is 16.9 Å². The first-order valence-electron chi connectivity index (χ1n) is 11.5. The molecule has 0 saturated heterocycles. The van der Waals surface area contributed by atoms with Gasteiger partial charge in [0, 0.05) is 27.4 Å². The number of rotatable bonds is 5. The number of nitrogens with one attached hydrogen (secondary N) is 1. The number of carboxylic acids is 1. The lowest BCUT2D eigenvalue weighted by Gasteiger charge is -2.16. The Hall–Kier alpha value is -3.78. The molecular formula is C27H27N5O2S. The second-order valence-electron chi connectivity index (χ2n) is 9.02. The number of hydrogen-bond acceptors (Lipinski definition) is 6. The van der Waals surface area contributed by atoms with Crippen LogP contribution in [0.2, 0.25) is 0 Å². The normalized spacial score (nSPS) is 15.6. The molecule has 0 saturated carbocycles. The Balaban J connectivity index is 1.63. The van der Waals surface area contributed by atoms with Crippen molar-refractivity contribution in [2.75, 3.05) is 5.32 Å². The highest BCUT2D eigenvalue weighted by Gasteiger charge is 2.36. The number of carbonyl (C=O) groups is 1. The Morgan fingerprint density at radius 2 is 1.63 bits per heavy atom. The summed E-state index contributed by atoms with van der Waals surface area (Å²) < 4.78 is 1.98. The third-order valence-corrected chi connectivity index (χ3v) is 7.74. The predicted molar refractivity (Wildman–Crippen MR) is 140 cm³/mol. The molecule has 3 heterocycles. The minimum absolute atomic E-state index is 0.563. The van der Waals surface area contributed by atoms with Crippen LogP contribution in [0, 0.1) is 33.6 Å². The summed E-state index contributed by atoms with van der Waals surface area (Å²) in [6.07, 6.45) is 0. The highest BCUT2D eigenvalue weighted by molar-refractivity contribution is 7.15. The lowest BCUT2D eigenvalue weighted by atomic mass is 9.98. The minimum atomic E-state index is -0.916. The van der Waals surface area contributed by atoms with E-state index in [1.807, 2.05) is 35.8 Å². The van der Waals surface area contributed by atoms with Crippen molar-refractivity contribution < 1.29 is 9.90 Å². The Kier molecular flexibility index (Phi) is 5.76. The Bertz CT molecular complexity index is 1450. The number of aromatic nitrogens is 3. The number of thiophene rings is 1. The van der Waals surface area contributed by atoms with Crippen LogP contribution in [0.1, 0.15) is 51.7 Å². The van der Waals surface area contributed by atoms with Crippen molar-refractivity contribution in [2.24, 2.45) is 10.9 Å². The van der Waals surface area contributed by atoms with E-state index in [-0.39, 0.29) is 0 Å². The molecule has 5 rings (SSSR count). The van der Waals surface area contributed by atoms with Crippen LogP contribution >= 0.6 is 11.3 Å². The number of nitrogens with zero attached hydrogens (tertiary/aromatic N) is 4. The summed E-state index contributed by atoms with van der Waals surface area (Å²) in [7, 11) is 0. The van der Waals surface area contributed by atoms with Crippen molar-refractivity contribution in [3.63, 3.8) is 0 Å². The van der Waals surface area contributed by atoms with Gasteiger partial charge < -0.3 is 10.4 Å². The fraction of sp³-hybridized carbons (Fsp3) is 0.259. The molecule has 0 bridgehead atoms. The largest absolute Gasteiger partial charge is 0.481 e. The van der Waals surface area contributed by atoms with Gasteiger partial charge in [-0.15, -0.1) is 21.5 Å². The zero-order valence-electron chi connectivity index (χ0n) is 20.3. The molecule has 0 amide bonds. The van der Waals surface area contributed by atoms with Gasteiger partial charge in [-0.25, -0.2) is 0 Å². The molecule has 178 valence electrons. The van der Waals surface area contributed by atoms with E-state index >= 15 is 0 Å². The fourth-order valence-electron chi connectivity index (χ4n) is 4.33. The summed E-state index contributed by atoms with van der Waals surface area (Å²) in [5.74, 6) is -0.391. The van der Waals surface area contributed by atoms with Crippen LogP contribution in [0.25, 0.3) is 5.00 Å². The van der Waals surface area contributed by atoms with E-state index in [0.29, 0.717) is 5.82 Å². The van der Waals surface area contributed by atoms with Gasteiger partial charge in [-0.2, -0.15) is 0 Å². The molecule has 1 aliphatic heterocycles. The van der Waals surface area contributed by atoms with E-state index < -0.39 is 17.9 Å². The van der Waals surface area contributed by atoms with Crippen molar-refractivity contribution in [3.05, 3.63) is 87.3 Å². The number of anilines is 2. The van der Waals surface area contributed by atoms with Crippen LogP contribution in [0.15, 0.2) is 53.5 Å². The van der Waals surface area contributed by atoms with Crippen molar-refractivity contribution >= 4 is 34.4 Å². The first kappa shape index (κ1) is 23.0. The van der Waals surface area contributed by atoms with Crippen LogP contribution in [0.5, 0.6) is 0 Å². The Labute approximate surface area is 208 Å². The summed E-state index contributed by atoms with van der Waals surface area (Å²) in [5, 5.41) is 22.9. The van der Waals surface area contributed by atoms with E-state index in [2.05, 4.69) is 60.6 Å². The second-order valence-corrected chi connectivity index (χ2v) is 10.2. The van der Waals surface area contributed by atoms with E-state index in [4.69, 9.17) is 4.99 Å². The molecule has 0 aliphatic carbocycles. The van der Waals surface area contributed by atoms with E-state index in [1.54, 1.807) is 18.3 Å². The number of aliphatic carboxylic acids is 1. The van der Waals surface area contributed by atoms with Gasteiger partial charge in [0.25, 0.3) is 0 Å². The van der Waals surface area contributed by atoms with Gasteiger partial charge in [0.15, 0.2) is 5.82 Å². The van der Waals surface area contributed by atoms with Crippen LogP contribution in [-0.2, 0) is 4.79 Å². The van der Waals surface area contributed by atoms with Crippen molar-refractivity contribution in [1.29, 1.82) is 0 Å². The molecule has 0 radical (unpaired) electrons. The molecule has 0 spiro atoms. The lowest BCUT2D eigenvalue weighted by Crippen LogP contribution is -2.21. The van der Waals surface area contributed by atoms with Crippen LogP contribution in [0.3, 0.4) is 0 Å². The molecule has 2 aromatic carbocycles. The standard InChI is InChI=1S/C27H27N5O2S/c1-14-6-10-20(11-7-14)28-21-12-8-19(9-13-21)24-22-15(2)17(4)35-26(22)32-18(5)30-31-25(32)23(29-24)16(3)27(33)34/h6-13,16,23,28H,1-5H3,(H,33,34)/t16-,23?/m0/s1. The number of benzene rings is 2. The SMILES string of the molecule is Cc1ccc(Nc2ccc(C3=NC([C@H](C)C(=O)O)c4nnc(C)n4-c4sc(C)c(C)c43)cc2)cc1. The zero-order valence-corrected chi connectivity index (χ0v) is 21.1. The average Bonchev–Trinajstić information content (AvgIpc) is 3.30. The second kappa shape index (κ2) is 8.78. The van der Waals surface area contributed by atoms with Crippen molar-refractivity contribution in [3.8, 4) is 5.00 Å². The van der Waals surface area contributed by atoms with Crippen LogP contribution in [-0.4, -0.2) is 31.6 Å². The topological polar surface area (TPSA) is 92.4 Å². The van der Waals surface area contributed by atoms with Crippen LogP contribution < -0.4 is 5.32 Å². The molecule has 2 N–H and O–H groups in total. The quantitative estimate of drug-likeness (QED) is 0.366. The maximum atomic E-state index is 12.0. The van der Waals surface area contributed by atoms with E-state index in [1.165, 1.54) is 10.4 Å². The highest BCUT2D eigenvalue weighted by Crippen LogP contribution is 2.40. The number of carboxylic acid groups (broad SMARTS) is 1. The number of hydrogen-bond donors (Lipinski definition) is 2. The number of aliphatic imine (C=N–C) groups is 1. The molecule has 2 atom stereocenters. The molecular weight excluding hydrogens is 458 g/mol. The van der Waals surface area contributed by atoms with Crippen molar-refractivity contribution in [1.82, 2.24) is 14.8 Å². The summed E-state index contributed by atoms with van der Waals surface area (Å²) in [6.45, 7) is 9.82.